The summed E-state index contributed by atoms with van der Waals surface area (Å²) in [6.07, 6.45) is 0. The number of hydrogen-bond donors (Lipinski definition) is 2. The Kier molecular flexibility index (Phi) is 4.31. The maximum atomic E-state index is 12.0. The molecule has 3 N–H and O–H groups in total. The average molecular weight is 254 g/mol. The van der Waals surface area contributed by atoms with Crippen molar-refractivity contribution in [2.24, 2.45) is 5.73 Å². The Bertz CT molecular complexity index is 552. The van der Waals surface area contributed by atoms with Gasteiger partial charge < -0.3 is 11.1 Å². The first-order valence-corrected chi connectivity index (χ1v) is 6.31. The SMILES string of the molecule is Cc1ccccc1CNC(=O)[C@@H](N)c1ccccc1. The number of benzene rings is 2. The highest BCUT2D eigenvalue weighted by Gasteiger charge is 2.14. The first-order chi connectivity index (χ1) is 9.18. The van der Waals surface area contributed by atoms with Gasteiger partial charge in [-0.1, -0.05) is 54.6 Å². The van der Waals surface area contributed by atoms with Crippen LogP contribution in [0.3, 0.4) is 0 Å². The van der Waals surface area contributed by atoms with Crippen molar-refractivity contribution >= 4 is 5.91 Å². The topological polar surface area (TPSA) is 55.1 Å². The molecule has 0 saturated carbocycles. The van der Waals surface area contributed by atoms with Crippen LogP contribution < -0.4 is 11.1 Å². The first-order valence-electron chi connectivity index (χ1n) is 6.31. The smallest absolute Gasteiger partial charge is 0.241 e. The molecule has 0 bridgehead atoms. The van der Waals surface area contributed by atoms with Gasteiger partial charge in [0.15, 0.2) is 0 Å². The monoisotopic (exact) mass is 254 g/mol. The summed E-state index contributed by atoms with van der Waals surface area (Å²) in [5.74, 6) is -0.158. The van der Waals surface area contributed by atoms with Crippen LogP contribution in [-0.4, -0.2) is 5.91 Å². The van der Waals surface area contributed by atoms with Crippen LogP contribution in [0.5, 0.6) is 0 Å². The predicted molar refractivity (Wildman–Crippen MR) is 76.4 cm³/mol. The van der Waals surface area contributed by atoms with Gasteiger partial charge >= 0.3 is 0 Å². The highest BCUT2D eigenvalue weighted by Crippen LogP contribution is 2.11. The van der Waals surface area contributed by atoms with Crippen LogP contribution in [0.25, 0.3) is 0 Å². The number of carbonyl (C=O) groups is 1. The number of hydrogen-bond acceptors (Lipinski definition) is 2. The molecule has 3 nitrogen and oxygen atoms in total. The summed E-state index contributed by atoms with van der Waals surface area (Å²) in [5, 5.41) is 2.87. The molecule has 0 spiro atoms. The van der Waals surface area contributed by atoms with Gasteiger partial charge in [-0.3, -0.25) is 4.79 Å². The number of nitrogens with two attached hydrogens (primary N) is 1. The van der Waals surface area contributed by atoms with E-state index in [1.165, 1.54) is 0 Å². The largest absolute Gasteiger partial charge is 0.350 e. The van der Waals surface area contributed by atoms with E-state index in [1.54, 1.807) is 0 Å². The minimum atomic E-state index is -0.620. The van der Waals surface area contributed by atoms with E-state index in [4.69, 9.17) is 5.73 Å². The Morgan fingerprint density at radius 2 is 1.74 bits per heavy atom. The minimum absolute atomic E-state index is 0.158. The molecular formula is C16H18N2O. The van der Waals surface area contributed by atoms with E-state index in [2.05, 4.69) is 5.32 Å². The number of rotatable bonds is 4. The predicted octanol–water partition coefficient (Wildman–Crippen LogP) is 2.31. The lowest BCUT2D eigenvalue weighted by Gasteiger charge is -2.13. The zero-order valence-corrected chi connectivity index (χ0v) is 11.0. The van der Waals surface area contributed by atoms with E-state index >= 15 is 0 Å². The third-order valence-electron chi connectivity index (χ3n) is 3.16. The summed E-state index contributed by atoms with van der Waals surface area (Å²) in [5.41, 5.74) is 9.02. The molecule has 2 aromatic rings. The fraction of sp³-hybridized carbons (Fsp3) is 0.188. The molecule has 0 radical (unpaired) electrons. The van der Waals surface area contributed by atoms with Gasteiger partial charge in [-0.15, -0.1) is 0 Å². The van der Waals surface area contributed by atoms with Crippen molar-refractivity contribution in [1.29, 1.82) is 0 Å². The summed E-state index contributed by atoms with van der Waals surface area (Å²) >= 11 is 0. The Balaban J connectivity index is 1.97. The van der Waals surface area contributed by atoms with Gasteiger partial charge in [0.2, 0.25) is 5.91 Å². The second-order valence-electron chi connectivity index (χ2n) is 4.53. The fourth-order valence-electron chi connectivity index (χ4n) is 1.91. The molecule has 2 aromatic carbocycles. The molecule has 3 heteroatoms. The van der Waals surface area contributed by atoms with Gasteiger partial charge in [-0.2, -0.15) is 0 Å². The van der Waals surface area contributed by atoms with E-state index in [-0.39, 0.29) is 5.91 Å². The Labute approximate surface area is 113 Å². The highest BCUT2D eigenvalue weighted by molar-refractivity contribution is 5.82. The molecular weight excluding hydrogens is 236 g/mol. The quantitative estimate of drug-likeness (QED) is 0.879. The van der Waals surface area contributed by atoms with Crippen molar-refractivity contribution in [3.8, 4) is 0 Å². The zero-order valence-electron chi connectivity index (χ0n) is 11.0. The van der Waals surface area contributed by atoms with Crippen LogP contribution >= 0.6 is 0 Å². The van der Waals surface area contributed by atoms with Crippen molar-refractivity contribution in [2.45, 2.75) is 19.5 Å². The molecule has 0 fully saturated rings. The number of aryl methyl sites for hydroxylation is 1. The number of carbonyl (C=O) groups excluding carboxylic acids is 1. The Morgan fingerprint density at radius 1 is 1.11 bits per heavy atom. The van der Waals surface area contributed by atoms with Crippen LogP contribution in [-0.2, 0) is 11.3 Å². The molecule has 2 rings (SSSR count). The molecule has 98 valence electrons. The summed E-state index contributed by atoms with van der Waals surface area (Å²) in [4.78, 5) is 12.0. The van der Waals surface area contributed by atoms with E-state index in [1.807, 2.05) is 61.5 Å². The van der Waals surface area contributed by atoms with E-state index < -0.39 is 6.04 Å². The van der Waals surface area contributed by atoms with Crippen LogP contribution in [0.1, 0.15) is 22.7 Å². The van der Waals surface area contributed by atoms with Crippen molar-refractivity contribution in [3.05, 3.63) is 71.3 Å². The number of nitrogens with one attached hydrogen (secondary N) is 1. The lowest BCUT2D eigenvalue weighted by molar-refractivity contribution is -0.122. The lowest BCUT2D eigenvalue weighted by Crippen LogP contribution is -2.33. The average Bonchev–Trinajstić information content (AvgIpc) is 2.46. The standard InChI is InChI=1S/C16H18N2O/c1-12-7-5-6-10-14(12)11-18-16(19)15(17)13-8-3-2-4-9-13/h2-10,15H,11,17H2,1H3,(H,18,19)/t15-/m0/s1. The van der Waals surface area contributed by atoms with E-state index in [9.17, 15) is 4.79 Å². The summed E-state index contributed by atoms with van der Waals surface area (Å²) in [7, 11) is 0. The maximum Gasteiger partial charge on any atom is 0.241 e. The summed E-state index contributed by atoms with van der Waals surface area (Å²) < 4.78 is 0. The van der Waals surface area contributed by atoms with Crippen LogP contribution in [0.2, 0.25) is 0 Å². The molecule has 0 aliphatic rings. The second-order valence-corrected chi connectivity index (χ2v) is 4.53. The maximum absolute atomic E-state index is 12.0. The van der Waals surface area contributed by atoms with Crippen LogP contribution in [0, 0.1) is 6.92 Å². The van der Waals surface area contributed by atoms with Gasteiger partial charge in [0, 0.05) is 6.54 Å². The summed E-state index contributed by atoms with van der Waals surface area (Å²) in [6, 6.07) is 16.7. The Morgan fingerprint density at radius 3 is 2.42 bits per heavy atom. The van der Waals surface area contributed by atoms with Crippen LogP contribution in [0.4, 0.5) is 0 Å². The third kappa shape index (κ3) is 3.42. The van der Waals surface area contributed by atoms with Crippen LogP contribution in [0.15, 0.2) is 54.6 Å². The van der Waals surface area contributed by atoms with E-state index in [0.717, 1.165) is 16.7 Å². The molecule has 19 heavy (non-hydrogen) atoms. The van der Waals surface area contributed by atoms with Crippen molar-refractivity contribution in [3.63, 3.8) is 0 Å². The normalized spacial score (nSPS) is 11.9. The summed E-state index contributed by atoms with van der Waals surface area (Å²) in [6.45, 7) is 2.53. The molecule has 0 heterocycles. The molecule has 0 saturated heterocycles. The Hall–Kier alpha value is -2.13. The van der Waals surface area contributed by atoms with Gasteiger partial charge in [0.05, 0.1) is 0 Å². The first kappa shape index (κ1) is 13.3. The van der Waals surface area contributed by atoms with Crippen molar-refractivity contribution < 1.29 is 4.79 Å². The molecule has 0 unspecified atom stereocenters. The van der Waals surface area contributed by atoms with Gasteiger partial charge in [0.1, 0.15) is 6.04 Å². The zero-order chi connectivity index (χ0) is 13.7. The van der Waals surface area contributed by atoms with Gasteiger partial charge in [0.25, 0.3) is 0 Å². The molecule has 1 atom stereocenters. The highest BCUT2D eigenvalue weighted by atomic mass is 16.2. The lowest BCUT2D eigenvalue weighted by atomic mass is 10.1. The van der Waals surface area contributed by atoms with Crippen molar-refractivity contribution in [2.75, 3.05) is 0 Å². The third-order valence-corrected chi connectivity index (χ3v) is 3.16. The molecule has 0 aromatic heterocycles. The van der Waals surface area contributed by atoms with Gasteiger partial charge in [-0.25, -0.2) is 0 Å². The van der Waals surface area contributed by atoms with Gasteiger partial charge in [-0.05, 0) is 23.6 Å². The number of amides is 1. The molecule has 0 aliphatic carbocycles. The minimum Gasteiger partial charge on any atom is -0.350 e. The van der Waals surface area contributed by atoms with E-state index in [0.29, 0.717) is 6.54 Å². The molecule has 0 aliphatic heterocycles. The fourth-order valence-corrected chi connectivity index (χ4v) is 1.91. The molecule has 1 amide bonds. The van der Waals surface area contributed by atoms with Crippen molar-refractivity contribution in [1.82, 2.24) is 5.32 Å². The second kappa shape index (κ2) is 6.16.